The van der Waals surface area contributed by atoms with Crippen LogP contribution in [0.15, 0.2) is 67.1 Å². The Balaban J connectivity index is 1.59. The number of unbranched alkanes of at least 4 members (excludes halogenated alkanes) is 2. The second kappa shape index (κ2) is 12.1. The second-order valence-electron chi connectivity index (χ2n) is 10.5. The molecule has 2 amide bonds. The van der Waals surface area contributed by atoms with Gasteiger partial charge in [0.05, 0.1) is 17.6 Å². The zero-order valence-corrected chi connectivity index (χ0v) is 22.2. The van der Waals surface area contributed by atoms with Gasteiger partial charge in [-0.15, -0.1) is 0 Å². The van der Waals surface area contributed by atoms with Crippen molar-refractivity contribution in [1.82, 2.24) is 14.5 Å². The van der Waals surface area contributed by atoms with Gasteiger partial charge in [0.25, 0.3) is 0 Å². The molecule has 2 heterocycles. The van der Waals surface area contributed by atoms with Crippen molar-refractivity contribution >= 4 is 11.8 Å². The Bertz CT molecular complexity index is 1270. The Labute approximate surface area is 227 Å². The van der Waals surface area contributed by atoms with Gasteiger partial charge >= 0.3 is 6.18 Å². The van der Waals surface area contributed by atoms with Crippen LogP contribution in [0.25, 0.3) is 0 Å². The summed E-state index contributed by atoms with van der Waals surface area (Å²) in [5, 5.41) is 0. The smallest absolute Gasteiger partial charge is 0.370 e. The zero-order valence-electron chi connectivity index (χ0n) is 22.2. The first kappa shape index (κ1) is 28.4. The fourth-order valence-corrected chi connectivity index (χ4v) is 5.39. The number of carbonyl (C=O) groups excluding carboxylic acids is 2. The molecule has 0 bridgehead atoms. The highest BCUT2D eigenvalue weighted by Crippen LogP contribution is 2.41. The zero-order chi connectivity index (χ0) is 28.0. The standard InChI is InChI=1S/C30H35F3N4O2/c1-2-3-7-15-29(23-10-5-4-6-11-23)19-37(20-29)28(39)26(36-18-25(35-21-36)13-14-27(34)38)17-22-9-8-12-24(16-22)30(31,32)33/h4-6,8-12,16,18,21,26H,2-3,7,13-15,17,19-20H2,1H3,(H2,34,38)/t26-/m1/s1. The lowest BCUT2D eigenvalue weighted by atomic mass is 9.70. The summed E-state index contributed by atoms with van der Waals surface area (Å²) in [6, 6.07) is 14.5. The first-order valence-corrected chi connectivity index (χ1v) is 13.4. The molecular weight excluding hydrogens is 505 g/mol. The lowest BCUT2D eigenvalue weighted by Gasteiger charge is -2.52. The monoisotopic (exact) mass is 540 g/mol. The van der Waals surface area contributed by atoms with E-state index in [1.165, 1.54) is 18.0 Å². The van der Waals surface area contributed by atoms with E-state index < -0.39 is 23.7 Å². The third-order valence-electron chi connectivity index (χ3n) is 7.55. The maximum Gasteiger partial charge on any atom is 0.416 e. The Hall–Kier alpha value is -3.62. The Kier molecular flexibility index (Phi) is 8.77. The molecule has 1 fully saturated rings. The van der Waals surface area contributed by atoms with Gasteiger partial charge in [0.15, 0.2) is 0 Å². The van der Waals surface area contributed by atoms with Crippen LogP contribution in [0.5, 0.6) is 0 Å². The Morgan fingerprint density at radius 3 is 2.49 bits per heavy atom. The van der Waals surface area contributed by atoms with Gasteiger partial charge in [0, 0.05) is 37.5 Å². The van der Waals surface area contributed by atoms with Gasteiger partial charge in [-0.3, -0.25) is 9.59 Å². The fraction of sp³-hybridized carbons (Fsp3) is 0.433. The largest absolute Gasteiger partial charge is 0.416 e. The van der Waals surface area contributed by atoms with Crippen molar-refractivity contribution in [3.8, 4) is 0 Å². The number of hydrogen-bond acceptors (Lipinski definition) is 3. The third-order valence-corrected chi connectivity index (χ3v) is 7.55. The summed E-state index contributed by atoms with van der Waals surface area (Å²) in [5.41, 5.74) is 6.59. The molecule has 0 unspecified atom stereocenters. The van der Waals surface area contributed by atoms with Crippen molar-refractivity contribution in [3.05, 3.63) is 89.5 Å². The molecule has 4 rings (SSSR count). The molecule has 1 atom stereocenters. The van der Waals surface area contributed by atoms with E-state index in [0.29, 0.717) is 30.8 Å². The summed E-state index contributed by atoms with van der Waals surface area (Å²) >= 11 is 0. The van der Waals surface area contributed by atoms with E-state index in [-0.39, 0.29) is 24.2 Å². The number of halogens is 3. The van der Waals surface area contributed by atoms with Gasteiger partial charge in [-0.2, -0.15) is 13.2 Å². The minimum atomic E-state index is -4.47. The minimum absolute atomic E-state index is 0.0824. The number of rotatable bonds is 12. The van der Waals surface area contributed by atoms with Gasteiger partial charge < -0.3 is 15.2 Å². The fourth-order valence-electron chi connectivity index (χ4n) is 5.39. The molecule has 0 aliphatic carbocycles. The van der Waals surface area contributed by atoms with E-state index in [0.717, 1.165) is 37.8 Å². The van der Waals surface area contributed by atoms with E-state index in [9.17, 15) is 22.8 Å². The molecule has 3 aromatic rings. The lowest BCUT2D eigenvalue weighted by Crippen LogP contribution is -2.62. The number of aryl methyl sites for hydroxylation is 1. The SMILES string of the molecule is CCCCCC1(c2ccccc2)CN(C(=O)[C@@H](Cc2cccc(C(F)(F)F)c2)n2cnc(CCC(N)=O)c2)C1. The summed E-state index contributed by atoms with van der Waals surface area (Å²) in [7, 11) is 0. The maximum absolute atomic E-state index is 13.9. The van der Waals surface area contributed by atoms with Gasteiger partial charge in [-0.05, 0) is 30.0 Å². The summed E-state index contributed by atoms with van der Waals surface area (Å²) in [6.45, 7) is 3.27. The Morgan fingerprint density at radius 2 is 1.82 bits per heavy atom. The molecule has 0 radical (unpaired) electrons. The van der Waals surface area contributed by atoms with Crippen molar-refractivity contribution in [1.29, 1.82) is 0 Å². The highest BCUT2D eigenvalue weighted by atomic mass is 19.4. The van der Waals surface area contributed by atoms with Crippen LogP contribution in [0, 0.1) is 0 Å². The maximum atomic E-state index is 13.9. The van der Waals surface area contributed by atoms with Crippen LogP contribution in [-0.4, -0.2) is 39.4 Å². The van der Waals surface area contributed by atoms with Crippen molar-refractivity contribution in [2.45, 2.75) is 69.5 Å². The molecule has 39 heavy (non-hydrogen) atoms. The van der Waals surface area contributed by atoms with Crippen LogP contribution >= 0.6 is 0 Å². The number of primary amides is 1. The number of aromatic nitrogens is 2. The molecule has 208 valence electrons. The molecule has 0 spiro atoms. The molecular formula is C30H35F3N4O2. The highest BCUT2D eigenvalue weighted by Gasteiger charge is 2.47. The number of benzene rings is 2. The molecule has 6 nitrogen and oxygen atoms in total. The highest BCUT2D eigenvalue weighted by molar-refractivity contribution is 5.82. The van der Waals surface area contributed by atoms with Crippen LogP contribution in [0.1, 0.15) is 67.5 Å². The first-order valence-electron chi connectivity index (χ1n) is 13.4. The van der Waals surface area contributed by atoms with E-state index >= 15 is 0 Å². The third kappa shape index (κ3) is 6.88. The van der Waals surface area contributed by atoms with Gasteiger partial charge in [0.2, 0.25) is 11.8 Å². The summed E-state index contributed by atoms with van der Waals surface area (Å²) in [4.78, 5) is 31.3. The van der Waals surface area contributed by atoms with E-state index in [1.807, 2.05) is 18.2 Å². The van der Waals surface area contributed by atoms with E-state index in [4.69, 9.17) is 5.73 Å². The second-order valence-corrected chi connectivity index (χ2v) is 10.5. The topological polar surface area (TPSA) is 81.2 Å². The predicted octanol–water partition coefficient (Wildman–Crippen LogP) is 5.46. The number of nitrogens with two attached hydrogens (primary N) is 1. The Morgan fingerprint density at radius 1 is 1.08 bits per heavy atom. The van der Waals surface area contributed by atoms with E-state index in [1.54, 1.807) is 21.7 Å². The average molecular weight is 541 g/mol. The van der Waals surface area contributed by atoms with Crippen LogP contribution < -0.4 is 5.73 Å². The number of nitrogens with zero attached hydrogens (tertiary/aromatic N) is 3. The van der Waals surface area contributed by atoms with Gasteiger partial charge in [-0.25, -0.2) is 4.98 Å². The number of imidazole rings is 1. The average Bonchev–Trinajstić information content (AvgIpc) is 3.36. The number of amides is 2. The lowest BCUT2D eigenvalue weighted by molar-refractivity contribution is -0.143. The molecule has 1 aliphatic rings. The van der Waals surface area contributed by atoms with Crippen LogP contribution in [0.3, 0.4) is 0 Å². The van der Waals surface area contributed by atoms with Crippen LogP contribution in [-0.2, 0) is 34.0 Å². The van der Waals surface area contributed by atoms with Gasteiger partial charge in [-0.1, -0.05) is 74.7 Å². The summed E-state index contributed by atoms with van der Waals surface area (Å²) < 4.78 is 41.8. The molecule has 2 aromatic carbocycles. The molecule has 1 aliphatic heterocycles. The normalized spacial score (nSPS) is 15.5. The molecule has 1 aromatic heterocycles. The quantitative estimate of drug-likeness (QED) is 0.310. The first-order chi connectivity index (χ1) is 18.6. The van der Waals surface area contributed by atoms with Crippen molar-refractivity contribution in [2.24, 2.45) is 5.73 Å². The summed E-state index contributed by atoms with van der Waals surface area (Å²) in [5.74, 6) is -0.615. The molecule has 9 heteroatoms. The molecule has 2 N–H and O–H groups in total. The number of carbonyl (C=O) groups is 2. The number of likely N-dealkylation sites (tertiary alicyclic amines) is 1. The van der Waals surface area contributed by atoms with Crippen LogP contribution in [0.2, 0.25) is 0 Å². The molecule has 0 saturated carbocycles. The number of hydrogen-bond donors (Lipinski definition) is 1. The molecule has 1 saturated heterocycles. The number of alkyl halides is 3. The minimum Gasteiger partial charge on any atom is -0.370 e. The van der Waals surface area contributed by atoms with Crippen molar-refractivity contribution in [3.63, 3.8) is 0 Å². The van der Waals surface area contributed by atoms with E-state index in [2.05, 4.69) is 24.0 Å². The van der Waals surface area contributed by atoms with Crippen molar-refractivity contribution in [2.75, 3.05) is 13.1 Å². The van der Waals surface area contributed by atoms with Crippen molar-refractivity contribution < 1.29 is 22.8 Å². The van der Waals surface area contributed by atoms with Crippen LogP contribution in [0.4, 0.5) is 13.2 Å². The van der Waals surface area contributed by atoms with Gasteiger partial charge in [0.1, 0.15) is 6.04 Å². The summed E-state index contributed by atoms with van der Waals surface area (Å²) in [6.07, 6.45) is 3.49. The predicted molar refractivity (Wildman–Crippen MR) is 143 cm³/mol.